The van der Waals surface area contributed by atoms with E-state index in [0.717, 1.165) is 0 Å². The molecule has 1 aliphatic rings. The Bertz CT molecular complexity index is 1090. The van der Waals surface area contributed by atoms with Gasteiger partial charge < -0.3 is 9.84 Å². The van der Waals surface area contributed by atoms with Crippen LogP contribution in [-0.2, 0) is 23.6 Å². The molecule has 0 bridgehead atoms. The SMILES string of the molecule is CC(C)OC(=O)N1CCCC(N(Cc2cc(C(F)(F)F)cc(C(F)(F)F)c2)C(C)O)c2cccc(Cl)c21. The van der Waals surface area contributed by atoms with E-state index in [2.05, 4.69) is 0 Å². The summed E-state index contributed by atoms with van der Waals surface area (Å²) in [6.07, 6.45) is -11.5. The van der Waals surface area contributed by atoms with Crippen molar-refractivity contribution in [1.82, 2.24) is 4.90 Å². The Hall–Kier alpha value is -2.50. The Kier molecular flexibility index (Phi) is 8.71. The van der Waals surface area contributed by atoms with Crippen molar-refractivity contribution < 1.29 is 41.0 Å². The summed E-state index contributed by atoms with van der Waals surface area (Å²) < 4.78 is 85.7. The molecule has 204 valence electrons. The second kappa shape index (κ2) is 11.1. The number of alkyl halides is 6. The van der Waals surface area contributed by atoms with E-state index in [1.54, 1.807) is 32.0 Å². The molecule has 2 aromatic rings. The second-order valence-electron chi connectivity index (χ2n) is 9.14. The molecule has 2 unspecified atom stereocenters. The lowest BCUT2D eigenvalue weighted by molar-refractivity contribution is -0.143. The number of amides is 1. The summed E-state index contributed by atoms with van der Waals surface area (Å²) in [4.78, 5) is 15.6. The summed E-state index contributed by atoms with van der Waals surface area (Å²) in [5.74, 6) is 0. The number of carbonyl (C=O) groups excluding carboxylic acids is 1. The molecule has 1 amide bonds. The summed E-state index contributed by atoms with van der Waals surface area (Å²) in [6, 6.07) is 5.53. The first-order valence-corrected chi connectivity index (χ1v) is 12.0. The molecular formula is C25H27ClF6N2O3. The zero-order valence-corrected chi connectivity index (χ0v) is 21.1. The predicted molar refractivity (Wildman–Crippen MR) is 126 cm³/mol. The topological polar surface area (TPSA) is 53.0 Å². The number of fused-ring (bicyclic) bond motifs is 1. The molecule has 5 nitrogen and oxygen atoms in total. The fourth-order valence-electron chi connectivity index (χ4n) is 4.41. The van der Waals surface area contributed by atoms with Gasteiger partial charge in [0.15, 0.2) is 0 Å². The Balaban J connectivity index is 2.08. The highest BCUT2D eigenvalue weighted by Crippen LogP contribution is 2.43. The van der Waals surface area contributed by atoms with Crippen LogP contribution in [0.25, 0.3) is 0 Å². The highest BCUT2D eigenvalue weighted by Gasteiger charge is 2.38. The van der Waals surface area contributed by atoms with Gasteiger partial charge in [-0.3, -0.25) is 9.80 Å². The molecule has 2 atom stereocenters. The molecule has 0 radical (unpaired) electrons. The van der Waals surface area contributed by atoms with Crippen molar-refractivity contribution >= 4 is 23.4 Å². The summed E-state index contributed by atoms with van der Waals surface area (Å²) in [5.41, 5.74) is -2.32. The number of aliphatic hydroxyl groups excluding tert-OH is 1. The Morgan fingerprint density at radius 2 is 1.70 bits per heavy atom. The van der Waals surface area contributed by atoms with E-state index < -0.39 is 54.5 Å². The molecule has 1 heterocycles. The van der Waals surface area contributed by atoms with E-state index >= 15 is 0 Å². The van der Waals surface area contributed by atoms with Gasteiger partial charge in [-0.25, -0.2) is 4.79 Å². The smallest absolute Gasteiger partial charge is 0.416 e. The zero-order chi connectivity index (χ0) is 27.7. The quantitative estimate of drug-likeness (QED) is 0.310. The van der Waals surface area contributed by atoms with E-state index in [9.17, 15) is 36.2 Å². The molecule has 0 aromatic heterocycles. The van der Waals surface area contributed by atoms with E-state index in [1.807, 2.05) is 0 Å². The predicted octanol–water partition coefficient (Wildman–Crippen LogP) is 7.40. The standard InChI is InChI=1S/C25H27ClF6N2O3/c1-14(2)37-23(36)33-9-5-8-21(19-6-4-7-20(26)22(19)33)34(15(3)35)13-16-10-17(24(27,28)29)12-18(11-16)25(30,31)32/h4,6-7,10-12,14-15,21,35H,5,8-9,13H2,1-3H3. The maximum Gasteiger partial charge on any atom is 0.416 e. The van der Waals surface area contributed by atoms with Gasteiger partial charge in [-0.15, -0.1) is 0 Å². The van der Waals surface area contributed by atoms with Crippen LogP contribution in [0.3, 0.4) is 0 Å². The molecule has 0 aliphatic carbocycles. The third-order valence-corrected chi connectivity index (χ3v) is 6.26. The van der Waals surface area contributed by atoms with Crippen LogP contribution in [0.1, 0.15) is 61.9 Å². The summed E-state index contributed by atoms with van der Waals surface area (Å²) in [5, 5.41) is 10.8. The first-order chi connectivity index (χ1) is 17.1. The largest absolute Gasteiger partial charge is 0.446 e. The Labute approximate surface area is 215 Å². The van der Waals surface area contributed by atoms with Crippen molar-refractivity contribution in [1.29, 1.82) is 0 Å². The molecule has 1 N–H and O–H groups in total. The van der Waals surface area contributed by atoms with Gasteiger partial charge in [-0.1, -0.05) is 23.7 Å². The van der Waals surface area contributed by atoms with Crippen molar-refractivity contribution in [2.75, 3.05) is 11.4 Å². The molecule has 0 saturated carbocycles. The van der Waals surface area contributed by atoms with Crippen molar-refractivity contribution in [2.45, 2.75) is 70.9 Å². The van der Waals surface area contributed by atoms with Crippen LogP contribution in [0.4, 0.5) is 36.8 Å². The van der Waals surface area contributed by atoms with Gasteiger partial charge in [-0.2, -0.15) is 26.3 Å². The molecular weight excluding hydrogens is 526 g/mol. The van der Waals surface area contributed by atoms with Crippen molar-refractivity contribution in [2.24, 2.45) is 0 Å². The van der Waals surface area contributed by atoms with Gasteiger partial charge in [0, 0.05) is 19.1 Å². The van der Waals surface area contributed by atoms with Gasteiger partial charge in [0.25, 0.3) is 0 Å². The van der Waals surface area contributed by atoms with E-state index in [4.69, 9.17) is 16.3 Å². The van der Waals surface area contributed by atoms with Crippen LogP contribution >= 0.6 is 11.6 Å². The number of rotatable bonds is 5. The Morgan fingerprint density at radius 3 is 2.22 bits per heavy atom. The molecule has 1 aliphatic heterocycles. The van der Waals surface area contributed by atoms with Crippen molar-refractivity contribution in [3.63, 3.8) is 0 Å². The minimum atomic E-state index is -4.99. The van der Waals surface area contributed by atoms with E-state index in [1.165, 1.54) is 16.7 Å². The first-order valence-electron chi connectivity index (χ1n) is 11.6. The van der Waals surface area contributed by atoms with Gasteiger partial charge in [0.05, 0.1) is 27.9 Å². The van der Waals surface area contributed by atoms with Crippen LogP contribution in [0.2, 0.25) is 5.02 Å². The number of nitrogens with zero attached hydrogens (tertiary/aromatic N) is 2. The lowest BCUT2D eigenvalue weighted by Crippen LogP contribution is -2.37. The fraction of sp³-hybridized carbons (Fsp3) is 0.480. The average Bonchev–Trinajstić information content (AvgIpc) is 2.96. The highest BCUT2D eigenvalue weighted by atomic mass is 35.5. The lowest BCUT2D eigenvalue weighted by Gasteiger charge is -2.35. The first kappa shape index (κ1) is 29.1. The van der Waals surface area contributed by atoms with Crippen LogP contribution in [0.15, 0.2) is 36.4 Å². The number of aliphatic hydroxyl groups is 1. The fourth-order valence-corrected chi connectivity index (χ4v) is 4.70. The number of hydrogen-bond acceptors (Lipinski definition) is 4. The molecule has 0 spiro atoms. The number of ether oxygens (including phenoxy) is 1. The number of benzene rings is 2. The lowest BCUT2D eigenvalue weighted by atomic mass is 9.98. The molecule has 0 saturated heterocycles. The zero-order valence-electron chi connectivity index (χ0n) is 20.3. The summed E-state index contributed by atoms with van der Waals surface area (Å²) >= 11 is 6.46. The van der Waals surface area contributed by atoms with Crippen LogP contribution in [0, 0.1) is 0 Å². The third-order valence-electron chi connectivity index (χ3n) is 5.96. The second-order valence-corrected chi connectivity index (χ2v) is 9.55. The van der Waals surface area contributed by atoms with Gasteiger partial charge in [0.2, 0.25) is 0 Å². The number of para-hydroxylation sites is 1. The molecule has 12 heteroatoms. The molecule has 37 heavy (non-hydrogen) atoms. The number of halogens is 7. The van der Waals surface area contributed by atoms with E-state index in [0.29, 0.717) is 36.2 Å². The maximum atomic E-state index is 13.4. The summed E-state index contributed by atoms with van der Waals surface area (Å²) in [6.45, 7) is 4.54. The molecule has 3 rings (SSSR count). The van der Waals surface area contributed by atoms with Gasteiger partial charge >= 0.3 is 18.4 Å². The highest BCUT2D eigenvalue weighted by molar-refractivity contribution is 6.34. The minimum absolute atomic E-state index is 0.0646. The van der Waals surface area contributed by atoms with Crippen LogP contribution in [-0.4, -0.2) is 35.0 Å². The monoisotopic (exact) mass is 552 g/mol. The van der Waals surface area contributed by atoms with Gasteiger partial charge in [0.1, 0.15) is 6.23 Å². The average molecular weight is 553 g/mol. The summed E-state index contributed by atoms with van der Waals surface area (Å²) in [7, 11) is 0. The molecule has 2 aromatic carbocycles. The van der Waals surface area contributed by atoms with Gasteiger partial charge in [-0.05, 0) is 69.0 Å². The number of carbonyl (C=O) groups is 1. The number of hydrogen-bond donors (Lipinski definition) is 1. The van der Waals surface area contributed by atoms with Crippen LogP contribution < -0.4 is 4.90 Å². The van der Waals surface area contributed by atoms with Crippen LogP contribution in [0.5, 0.6) is 0 Å². The minimum Gasteiger partial charge on any atom is -0.446 e. The normalized spacial score (nSPS) is 17.5. The van der Waals surface area contributed by atoms with E-state index in [-0.39, 0.29) is 23.2 Å². The van der Waals surface area contributed by atoms with Crippen molar-refractivity contribution in [3.8, 4) is 0 Å². The maximum absolute atomic E-state index is 13.4. The molecule has 0 fully saturated rings. The number of anilines is 1. The van der Waals surface area contributed by atoms with Crippen molar-refractivity contribution in [3.05, 3.63) is 63.7 Å². The third kappa shape index (κ3) is 6.88. The Morgan fingerprint density at radius 1 is 1.11 bits per heavy atom.